The standard InChI is InChI=1S/C33H36F5N3O/c1-22(7-10-41)12-24-14-26(18-29(16-24)32(2,34)35)28-17-27(20-31(21-28)42-11-5-9-40)25-13-23(6-3-4-8-39)15-30(19-25)33(36,37)38/h12-21H,4-5,7-11,39-41H2,1-2H3/b22-12+. The fourth-order valence-corrected chi connectivity index (χ4v) is 4.30. The van der Waals surface area contributed by atoms with Crippen molar-refractivity contribution in [3.63, 3.8) is 0 Å². The van der Waals surface area contributed by atoms with Gasteiger partial charge in [-0.1, -0.05) is 23.5 Å². The SMILES string of the molecule is C/C(=C\c1cc(-c2cc(OCCCN)cc(-c3cc(C#CCCN)cc(C(F)(F)F)c3)c2)cc(C(C)(F)F)c1)CCN. The Morgan fingerprint density at radius 2 is 1.43 bits per heavy atom. The predicted molar refractivity (Wildman–Crippen MR) is 159 cm³/mol. The van der Waals surface area contributed by atoms with Crippen LogP contribution in [0.5, 0.6) is 5.75 Å². The van der Waals surface area contributed by atoms with Gasteiger partial charge in [0.05, 0.1) is 12.2 Å². The lowest BCUT2D eigenvalue weighted by Gasteiger charge is -2.17. The zero-order chi connectivity index (χ0) is 30.9. The summed E-state index contributed by atoms with van der Waals surface area (Å²) in [5.41, 5.74) is 19.0. The average Bonchev–Trinajstić information content (AvgIpc) is 2.92. The molecule has 6 N–H and O–H groups in total. The Hall–Kier alpha value is -3.71. The van der Waals surface area contributed by atoms with E-state index in [4.69, 9.17) is 21.9 Å². The summed E-state index contributed by atoms with van der Waals surface area (Å²) in [6.07, 6.45) is -1.32. The number of nitrogens with two attached hydrogens (primary N) is 3. The summed E-state index contributed by atoms with van der Waals surface area (Å²) in [7, 11) is 0. The maximum Gasteiger partial charge on any atom is 0.416 e. The number of benzene rings is 3. The summed E-state index contributed by atoms with van der Waals surface area (Å²) in [6, 6.07) is 13.1. The van der Waals surface area contributed by atoms with Gasteiger partial charge >= 0.3 is 6.18 Å². The highest BCUT2D eigenvalue weighted by atomic mass is 19.4. The molecule has 0 atom stereocenters. The molecule has 0 fully saturated rings. The van der Waals surface area contributed by atoms with Gasteiger partial charge in [0.1, 0.15) is 5.75 Å². The minimum Gasteiger partial charge on any atom is -0.494 e. The number of rotatable bonds is 11. The van der Waals surface area contributed by atoms with Gasteiger partial charge in [0.25, 0.3) is 5.92 Å². The van der Waals surface area contributed by atoms with Gasteiger partial charge in [0.15, 0.2) is 0 Å². The largest absolute Gasteiger partial charge is 0.494 e. The van der Waals surface area contributed by atoms with Gasteiger partial charge in [0.2, 0.25) is 0 Å². The van der Waals surface area contributed by atoms with E-state index in [9.17, 15) is 22.0 Å². The van der Waals surface area contributed by atoms with Crippen molar-refractivity contribution in [2.75, 3.05) is 26.2 Å². The molecule has 0 amide bonds. The minimum absolute atomic E-state index is 0.180. The van der Waals surface area contributed by atoms with Gasteiger partial charge < -0.3 is 21.9 Å². The topological polar surface area (TPSA) is 87.3 Å². The van der Waals surface area contributed by atoms with Gasteiger partial charge in [-0.05, 0) is 115 Å². The first-order valence-corrected chi connectivity index (χ1v) is 13.6. The van der Waals surface area contributed by atoms with Crippen LogP contribution in [0.1, 0.15) is 55.4 Å². The summed E-state index contributed by atoms with van der Waals surface area (Å²) in [4.78, 5) is 0. The fraction of sp³-hybridized carbons (Fsp3) is 0.333. The molecule has 0 bridgehead atoms. The van der Waals surface area contributed by atoms with E-state index in [1.165, 1.54) is 12.1 Å². The summed E-state index contributed by atoms with van der Waals surface area (Å²) >= 11 is 0. The quantitative estimate of drug-likeness (QED) is 0.125. The van der Waals surface area contributed by atoms with Crippen LogP contribution in [-0.2, 0) is 12.1 Å². The summed E-state index contributed by atoms with van der Waals surface area (Å²) in [6.45, 7) is 4.05. The van der Waals surface area contributed by atoms with Crippen LogP contribution in [0.2, 0.25) is 0 Å². The zero-order valence-electron chi connectivity index (χ0n) is 23.8. The fourth-order valence-electron chi connectivity index (χ4n) is 4.30. The Morgan fingerprint density at radius 3 is 2.02 bits per heavy atom. The third-order valence-electron chi connectivity index (χ3n) is 6.37. The summed E-state index contributed by atoms with van der Waals surface area (Å²) in [5, 5.41) is 0. The van der Waals surface area contributed by atoms with Crippen LogP contribution in [0.4, 0.5) is 22.0 Å². The van der Waals surface area contributed by atoms with E-state index in [2.05, 4.69) is 11.8 Å². The molecule has 0 heterocycles. The number of ether oxygens (including phenoxy) is 1. The molecule has 9 heteroatoms. The first-order chi connectivity index (χ1) is 19.8. The van der Waals surface area contributed by atoms with Gasteiger partial charge in [-0.15, -0.1) is 0 Å². The van der Waals surface area contributed by atoms with Crippen LogP contribution < -0.4 is 21.9 Å². The molecule has 3 rings (SSSR count). The number of alkyl halides is 5. The van der Waals surface area contributed by atoms with Gasteiger partial charge in [-0.2, -0.15) is 13.2 Å². The van der Waals surface area contributed by atoms with Crippen molar-refractivity contribution in [1.29, 1.82) is 0 Å². The van der Waals surface area contributed by atoms with E-state index >= 15 is 0 Å². The van der Waals surface area contributed by atoms with Crippen LogP contribution in [0.3, 0.4) is 0 Å². The highest BCUT2D eigenvalue weighted by Gasteiger charge is 2.31. The lowest BCUT2D eigenvalue weighted by molar-refractivity contribution is -0.137. The monoisotopic (exact) mass is 585 g/mol. The number of hydrogen-bond donors (Lipinski definition) is 3. The van der Waals surface area contributed by atoms with Gasteiger partial charge in [0, 0.05) is 31.0 Å². The first-order valence-electron chi connectivity index (χ1n) is 13.6. The minimum atomic E-state index is -4.61. The second kappa shape index (κ2) is 14.5. The molecule has 0 aliphatic carbocycles. The normalized spacial score (nSPS) is 12.2. The molecule has 0 aromatic heterocycles. The highest BCUT2D eigenvalue weighted by Crippen LogP contribution is 2.38. The van der Waals surface area contributed by atoms with E-state index in [0.29, 0.717) is 60.4 Å². The van der Waals surface area contributed by atoms with Crippen molar-refractivity contribution in [3.05, 3.63) is 82.4 Å². The Balaban J connectivity index is 2.27. The molecule has 0 radical (unpaired) electrons. The smallest absolute Gasteiger partial charge is 0.416 e. The van der Waals surface area contributed by atoms with Crippen molar-refractivity contribution in [1.82, 2.24) is 0 Å². The molecule has 3 aromatic carbocycles. The van der Waals surface area contributed by atoms with Crippen LogP contribution in [0.25, 0.3) is 28.3 Å². The average molecular weight is 586 g/mol. The number of halogens is 5. The first kappa shape index (κ1) is 32.8. The molecule has 0 spiro atoms. The molecule has 224 valence electrons. The predicted octanol–water partition coefficient (Wildman–Crippen LogP) is 7.33. The zero-order valence-corrected chi connectivity index (χ0v) is 23.8. The Bertz CT molecular complexity index is 1460. The molecule has 0 aliphatic rings. The van der Waals surface area contributed by atoms with Gasteiger partial charge in [-0.25, -0.2) is 8.78 Å². The lowest BCUT2D eigenvalue weighted by atomic mass is 9.93. The van der Waals surface area contributed by atoms with Crippen molar-refractivity contribution >= 4 is 6.08 Å². The van der Waals surface area contributed by atoms with Crippen molar-refractivity contribution < 1.29 is 26.7 Å². The Kier molecular flexibility index (Phi) is 11.3. The second-order valence-electron chi connectivity index (χ2n) is 10.1. The maximum absolute atomic E-state index is 14.6. The molecular formula is C33H36F5N3O. The van der Waals surface area contributed by atoms with Crippen LogP contribution in [-0.4, -0.2) is 26.2 Å². The Morgan fingerprint density at radius 1 is 0.786 bits per heavy atom. The van der Waals surface area contributed by atoms with Crippen LogP contribution in [0, 0.1) is 11.8 Å². The molecule has 42 heavy (non-hydrogen) atoms. The van der Waals surface area contributed by atoms with E-state index in [-0.39, 0.29) is 29.8 Å². The summed E-state index contributed by atoms with van der Waals surface area (Å²) in [5.74, 6) is 2.78. The van der Waals surface area contributed by atoms with E-state index < -0.39 is 17.7 Å². The third-order valence-corrected chi connectivity index (χ3v) is 6.37. The maximum atomic E-state index is 14.6. The molecule has 3 aromatic rings. The highest BCUT2D eigenvalue weighted by molar-refractivity contribution is 5.78. The van der Waals surface area contributed by atoms with Crippen molar-refractivity contribution in [2.45, 2.75) is 45.2 Å². The Labute approximate surface area is 243 Å². The van der Waals surface area contributed by atoms with Crippen molar-refractivity contribution in [2.24, 2.45) is 17.2 Å². The second-order valence-corrected chi connectivity index (χ2v) is 10.1. The van der Waals surface area contributed by atoms with Crippen LogP contribution in [0.15, 0.2) is 60.2 Å². The van der Waals surface area contributed by atoms with Crippen molar-refractivity contribution in [3.8, 4) is 39.8 Å². The van der Waals surface area contributed by atoms with E-state index in [1.807, 2.05) is 6.92 Å². The van der Waals surface area contributed by atoms with E-state index in [0.717, 1.165) is 24.6 Å². The molecule has 4 nitrogen and oxygen atoms in total. The lowest BCUT2D eigenvalue weighted by Crippen LogP contribution is -2.08. The molecular weight excluding hydrogens is 549 g/mol. The molecule has 0 unspecified atom stereocenters. The molecule has 0 saturated carbocycles. The van der Waals surface area contributed by atoms with E-state index in [1.54, 1.807) is 36.4 Å². The molecule has 0 saturated heterocycles. The third kappa shape index (κ3) is 9.41. The number of hydrogen-bond acceptors (Lipinski definition) is 4. The van der Waals surface area contributed by atoms with Gasteiger partial charge in [-0.3, -0.25) is 0 Å². The molecule has 0 aliphatic heterocycles. The summed E-state index contributed by atoms with van der Waals surface area (Å²) < 4.78 is 76.6. The van der Waals surface area contributed by atoms with Crippen LogP contribution >= 0.6 is 0 Å².